The second-order valence-electron chi connectivity index (χ2n) is 8.33. The Labute approximate surface area is 162 Å². The minimum Gasteiger partial charge on any atom is -0.316 e. The number of amidine groups is 1. The fraction of sp³-hybridized carbons (Fsp3) is 0.550. The maximum atomic E-state index is 14.2. The summed E-state index contributed by atoms with van der Waals surface area (Å²) in [6.07, 6.45) is -2.18. The third kappa shape index (κ3) is 3.40. The number of benzene rings is 1. The third-order valence-corrected chi connectivity index (χ3v) is 5.14. The van der Waals surface area contributed by atoms with Crippen LogP contribution in [-0.2, 0) is 9.59 Å². The lowest BCUT2D eigenvalue weighted by atomic mass is 9.94. The van der Waals surface area contributed by atoms with E-state index in [0.29, 0.717) is 18.4 Å². The maximum Gasteiger partial charge on any atom is 0.442 e. The molecule has 1 saturated carbocycles. The summed E-state index contributed by atoms with van der Waals surface area (Å²) in [5, 5.41) is 1.93. The summed E-state index contributed by atoms with van der Waals surface area (Å²) in [5.74, 6) is -2.16. The topological polar surface area (TPSA) is 61.8 Å². The molecular weight excluding hydrogens is 371 g/mol. The van der Waals surface area contributed by atoms with Crippen molar-refractivity contribution in [2.24, 2.45) is 10.4 Å². The number of hydrogen-bond donors (Lipinski definition) is 1. The number of nitrogens with one attached hydrogen (secondary N) is 1. The van der Waals surface area contributed by atoms with Crippen LogP contribution in [0.3, 0.4) is 0 Å². The van der Waals surface area contributed by atoms with Crippen LogP contribution < -0.4 is 5.32 Å². The maximum absolute atomic E-state index is 14.2. The fourth-order valence-corrected chi connectivity index (χ4v) is 3.51. The van der Waals surface area contributed by atoms with Crippen molar-refractivity contribution in [1.29, 1.82) is 0 Å². The van der Waals surface area contributed by atoms with Crippen molar-refractivity contribution in [3.63, 3.8) is 0 Å². The zero-order chi connectivity index (χ0) is 20.7. The van der Waals surface area contributed by atoms with Crippen LogP contribution in [0.4, 0.5) is 13.2 Å². The normalized spacial score (nSPS) is 23.9. The molecule has 28 heavy (non-hydrogen) atoms. The standard InChI is InChI=1S/C20H24F3N3O2/c1-18(2,3)16(27)25-19(20(21,22)23)17(28)26(14-11-7-8-12-14)15(24-19)13-9-5-4-6-10-13/h4-6,9-10,14H,7-8,11-12H2,1-3H3,(H,25,27)/t19-/m0/s1. The Hall–Kier alpha value is -2.38. The molecule has 1 aromatic carbocycles. The summed E-state index contributed by atoms with van der Waals surface area (Å²) >= 11 is 0. The Kier molecular flexibility index (Phi) is 5.02. The SMILES string of the molecule is CC(C)(C)C(=O)N[C@@]1(C(F)(F)F)N=C(c2ccccc2)N(C2CCCC2)C1=O. The molecule has 1 aliphatic carbocycles. The molecule has 0 saturated heterocycles. The molecule has 152 valence electrons. The molecule has 1 atom stereocenters. The smallest absolute Gasteiger partial charge is 0.316 e. The third-order valence-electron chi connectivity index (χ3n) is 5.14. The summed E-state index contributed by atoms with van der Waals surface area (Å²) in [4.78, 5) is 30.6. The molecule has 0 bridgehead atoms. The van der Waals surface area contributed by atoms with Crippen LogP contribution in [0, 0.1) is 5.41 Å². The zero-order valence-electron chi connectivity index (χ0n) is 16.1. The summed E-state index contributed by atoms with van der Waals surface area (Å²) in [5.41, 5.74) is -3.99. The van der Waals surface area contributed by atoms with Gasteiger partial charge in [0.25, 0.3) is 5.91 Å². The molecule has 0 unspecified atom stereocenters. The highest BCUT2D eigenvalue weighted by Gasteiger charge is 2.68. The van der Waals surface area contributed by atoms with E-state index < -0.39 is 29.1 Å². The lowest BCUT2D eigenvalue weighted by molar-refractivity contribution is -0.201. The molecule has 0 spiro atoms. The number of carbonyl (C=O) groups is 2. The quantitative estimate of drug-likeness (QED) is 0.849. The largest absolute Gasteiger partial charge is 0.442 e. The fourth-order valence-electron chi connectivity index (χ4n) is 3.51. The van der Waals surface area contributed by atoms with Crippen LogP contribution >= 0.6 is 0 Å². The van der Waals surface area contributed by atoms with Gasteiger partial charge >= 0.3 is 11.8 Å². The van der Waals surface area contributed by atoms with Crippen LogP contribution in [0.5, 0.6) is 0 Å². The molecule has 8 heteroatoms. The second kappa shape index (κ2) is 6.90. The number of hydrogen-bond acceptors (Lipinski definition) is 3. The number of carbonyl (C=O) groups excluding carboxylic acids is 2. The van der Waals surface area contributed by atoms with Crippen molar-refractivity contribution in [3.05, 3.63) is 35.9 Å². The number of alkyl halides is 3. The monoisotopic (exact) mass is 395 g/mol. The average molecular weight is 395 g/mol. The van der Waals surface area contributed by atoms with Crippen molar-refractivity contribution in [2.45, 2.75) is 64.3 Å². The van der Waals surface area contributed by atoms with Gasteiger partial charge in [-0.3, -0.25) is 14.5 Å². The Morgan fingerprint density at radius 2 is 1.71 bits per heavy atom. The Morgan fingerprint density at radius 1 is 1.14 bits per heavy atom. The molecule has 1 aliphatic heterocycles. The lowest BCUT2D eigenvalue weighted by Crippen LogP contribution is -2.65. The highest BCUT2D eigenvalue weighted by molar-refractivity contribution is 6.16. The summed E-state index contributed by atoms with van der Waals surface area (Å²) in [7, 11) is 0. The first-order valence-corrected chi connectivity index (χ1v) is 9.36. The number of nitrogens with zero attached hydrogens (tertiary/aromatic N) is 2. The molecule has 1 aromatic rings. The van der Waals surface area contributed by atoms with Crippen LogP contribution in [-0.4, -0.2) is 40.4 Å². The van der Waals surface area contributed by atoms with E-state index in [-0.39, 0.29) is 11.9 Å². The minimum atomic E-state index is -5.07. The minimum absolute atomic E-state index is 0.0379. The predicted octanol–water partition coefficient (Wildman–Crippen LogP) is 3.64. The lowest BCUT2D eigenvalue weighted by Gasteiger charge is -2.33. The molecule has 3 rings (SSSR count). The van der Waals surface area contributed by atoms with Gasteiger partial charge in [-0.25, -0.2) is 4.99 Å². The molecule has 0 radical (unpaired) electrons. The van der Waals surface area contributed by atoms with Gasteiger partial charge in [0.15, 0.2) is 0 Å². The van der Waals surface area contributed by atoms with E-state index in [9.17, 15) is 22.8 Å². The van der Waals surface area contributed by atoms with Gasteiger partial charge in [0, 0.05) is 17.0 Å². The Morgan fingerprint density at radius 3 is 2.21 bits per heavy atom. The van der Waals surface area contributed by atoms with Gasteiger partial charge in [0.05, 0.1) is 0 Å². The molecular formula is C20H24F3N3O2. The molecule has 2 amide bonds. The van der Waals surface area contributed by atoms with Gasteiger partial charge in [-0.2, -0.15) is 13.2 Å². The summed E-state index contributed by atoms with van der Waals surface area (Å²) in [6.45, 7) is 4.47. The molecule has 5 nitrogen and oxygen atoms in total. The molecule has 1 N–H and O–H groups in total. The average Bonchev–Trinajstić information content (AvgIpc) is 3.21. The van der Waals surface area contributed by atoms with Gasteiger partial charge in [-0.1, -0.05) is 63.9 Å². The van der Waals surface area contributed by atoms with E-state index in [1.54, 1.807) is 30.3 Å². The molecule has 2 aliphatic rings. The van der Waals surface area contributed by atoms with Crippen molar-refractivity contribution >= 4 is 17.6 Å². The van der Waals surface area contributed by atoms with E-state index in [2.05, 4.69) is 4.99 Å². The van der Waals surface area contributed by atoms with E-state index in [4.69, 9.17) is 0 Å². The second-order valence-corrected chi connectivity index (χ2v) is 8.33. The first kappa shape index (κ1) is 20.4. The highest BCUT2D eigenvalue weighted by Crippen LogP contribution is 2.41. The van der Waals surface area contributed by atoms with Crippen LogP contribution in [0.2, 0.25) is 0 Å². The van der Waals surface area contributed by atoms with Crippen molar-refractivity contribution in [2.75, 3.05) is 0 Å². The van der Waals surface area contributed by atoms with Crippen molar-refractivity contribution in [3.8, 4) is 0 Å². The summed E-state index contributed by atoms with van der Waals surface area (Å²) < 4.78 is 42.6. The van der Waals surface area contributed by atoms with E-state index >= 15 is 0 Å². The first-order chi connectivity index (χ1) is 13.0. The van der Waals surface area contributed by atoms with Gasteiger partial charge in [0.1, 0.15) is 5.84 Å². The van der Waals surface area contributed by atoms with Crippen LogP contribution in [0.1, 0.15) is 52.0 Å². The van der Waals surface area contributed by atoms with E-state index in [1.807, 2.05) is 5.32 Å². The van der Waals surface area contributed by atoms with Gasteiger partial charge < -0.3 is 5.32 Å². The number of rotatable bonds is 3. The van der Waals surface area contributed by atoms with Gasteiger partial charge in [0.2, 0.25) is 5.91 Å². The van der Waals surface area contributed by atoms with Crippen LogP contribution in [0.25, 0.3) is 0 Å². The van der Waals surface area contributed by atoms with Crippen molar-refractivity contribution < 1.29 is 22.8 Å². The van der Waals surface area contributed by atoms with Crippen molar-refractivity contribution in [1.82, 2.24) is 10.2 Å². The predicted molar refractivity (Wildman–Crippen MR) is 98.5 cm³/mol. The van der Waals surface area contributed by atoms with E-state index in [0.717, 1.165) is 17.7 Å². The number of halogens is 3. The first-order valence-electron chi connectivity index (χ1n) is 9.36. The Bertz CT molecular complexity index is 793. The molecule has 1 heterocycles. The van der Waals surface area contributed by atoms with E-state index in [1.165, 1.54) is 20.8 Å². The van der Waals surface area contributed by atoms with Crippen LogP contribution in [0.15, 0.2) is 35.3 Å². The number of aliphatic imine (C=N–C) groups is 1. The molecule has 1 fully saturated rings. The van der Waals surface area contributed by atoms with Gasteiger partial charge in [-0.15, -0.1) is 0 Å². The molecule has 0 aromatic heterocycles. The summed E-state index contributed by atoms with van der Waals surface area (Å²) in [6, 6.07) is 7.96. The highest BCUT2D eigenvalue weighted by atomic mass is 19.4. The number of amides is 2. The zero-order valence-corrected chi connectivity index (χ0v) is 16.1. The Balaban J connectivity index is 2.14. The van der Waals surface area contributed by atoms with Gasteiger partial charge in [-0.05, 0) is 12.8 Å².